The first-order chi connectivity index (χ1) is 6.68. The van der Waals surface area contributed by atoms with E-state index in [9.17, 15) is 4.79 Å². The molecule has 0 heterocycles. The van der Waals surface area contributed by atoms with Crippen LogP contribution in [-0.4, -0.2) is 47.9 Å². The van der Waals surface area contributed by atoms with Crippen LogP contribution >= 0.6 is 11.8 Å². The molecule has 5 nitrogen and oxygen atoms in total. The molecular formula is C8H17N3O2S. The van der Waals surface area contributed by atoms with E-state index in [4.69, 9.17) is 16.2 Å². The van der Waals surface area contributed by atoms with Crippen molar-refractivity contribution in [3.63, 3.8) is 0 Å². The third kappa shape index (κ3) is 8.03. The van der Waals surface area contributed by atoms with Crippen LogP contribution in [0.25, 0.3) is 0 Å². The average Bonchev–Trinajstić information content (AvgIpc) is 2.16. The van der Waals surface area contributed by atoms with Crippen LogP contribution in [0.5, 0.6) is 0 Å². The summed E-state index contributed by atoms with van der Waals surface area (Å²) >= 11 is 1.67. The van der Waals surface area contributed by atoms with Gasteiger partial charge in [-0.2, -0.15) is 11.8 Å². The van der Waals surface area contributed by atoms with E-state index in [1.54, 1.807) is 11.8 Å². The Balaban J connectivity index is 3.13. The van der Waals surface area contributed by atoms with Crippen molar-refractivity contribution < 1.29 is 9.90 Å². The summed E-state index contributed by atoms with van der Waals surface area (Å²) in [5.74, 6) is 0.743. The van der Waals surface area contributed by atoms with Crippen LogP contribution in [0.15, 0.2) is 0 Å². The van der Waals surface area contributed by atoms with Gasteiger partial charge in [-0.1, -0.05) is 0 Å². The van der Waals surface area contributed by atoms with E-state index in [1.807, 2.05) is 0 Å². The van der Waals surface area contributed by atoms with Gasteiger partial charge in [-0.3, -0.25) is 4.79 Å². The van der Waals surface area contributed by atoms with Crippen LogP contribution in [-0.2, 0) is 4.79 Å². The SMILES string of the molecule is N=CCNCCSCC[C@@H](N)C(=O)O. The Morgan fingerprint density at radius 1 is 1.64 bits per heavy atom. The number of carbonyl (C=O) groups is 1. The van der Waals surface area contributed by atoms with Gasteiger partial charge in [0.15, 0.2) is 0 Å². The van der Waals surface area contributed by atoms with Crippen LogP contribution in [0.4, 0.5) is 0 Å². The minimum Gasteiger partial charge on any atom is -0.480 e. The highest BCUT2D eigenvalue weighted by Gasteiger charge is 2.09. The van der Waals surface area contributed by atoms with E-state index >= 15 is 0 Å². The monoisotopic (exact) mass is 219 g/mol. The lowest BCUT2D eigenvalue weighted by molar-refractivity contribution is -0.138. The van der Waals surface area contributed by atoms with Gasteiger partial charge in [0.2, 0.25) is 0 Å². The molecule has 0 aromatic heterocycles. The van der Waals surface area contributed by atoms with Gasteiger partial charge < -0.3 is 21.6 Å². The summed E-state index contributed by atoms with van der Waals surface area (Å²) in [4.78, 5) is 10.3. The number of carboxylic acid groups (broad SMARTS) is 1. The van der Waals surface area contributed by atoms with Gasteiger partial charge in [-0.25, -0.2) is 0 Å². The smallest absolute Gasteiger partial charge is 0.320 e. The standard InChI is InChI=1S/C8H17N3O2S/c9-2-3-11-4-6-14-5-1-7(10)8(12)13/h2,7,9,11H,1,3-6,10H2,(H,12,13)/t7-/m1/s1. The Morgan fingerprint density at radius 3 is 2.93 bits per heavy atom. The van der Waals surface area contributed by atoms with Gasteiger partial charge >= 0.3 is 5.97 Å². The third-order valence-electron chi connectivity index (χ3n) is 1.56. The topological polar surface area (TPSA) is 99.2 Å². The highest BCUT2D eigenvalue weighted by molar-refractivity contribution is 7.99. The lowest BCUT2D eigenvalue weighted by Gasteiger charge is -2.05. The molecule has 0 bridgehead atoms. The summed E-state index contributed by atoms with van der Waals surface area (Å²) < 4.78 is 0. The highest BCUT2D eigenvalue weighted by Crippen LogP contribution is 2.02. The van der Waals surface area contributed by atoms with Crippen molar-refractivity contribution in [1.29, 1.82) is 5.41 Å². The molecule has 1 atom stereocenters. The summed E-state index contributed by atoms with van der Waals surface area (Å²) in [6, 6.07) is -0.739. The molecule has 0 aromatic rings. The summed E-state index contributed by atoms with van der Waals surface area (Å²) in [5, 5.41) is 18.3. The number of aliphatic carboxylic acids is 1. The Labute approximate surface area is 87.9 Å². The van der Waals surface area contributed by atoms with E-state index < -0.39 is 12.0 Å². The molecule has 0 aliphatic rings. The summed E-state index contributed by atoms with van der Waals surface area (Å²) in [6.45, 7) is 1.43. The van der Waals surface area contributed by atoms with Crippen LogP contribution in [0, 0.1) is 5.41 Å². The highest BCUT2D eigenvalue weighted by atomic mass is 32.2. The molecule has 0 fully saturated rings. The van der Waals surface area contributed by atoms with Crippen LogP contribution in [0.1, 0.15) is 6.42 Å². The molecule has 0 saturated carbocycles. The lowest BCUT2D eigenvalue weighted by atomic mass is 10.2. The zero-order valence-corrected chi connectivity index (χ0v) is 8.85. The Kier molecular flexibility index (Phi) is 8.61. The number of rotatable bonds is 9. The molecule has 5 N–H and O–H groups in total. The Hall–Kier alpha value is -0.590. The van der Waals surface area contributed by atoms with Crippen molar-refractivity contribution >= 4 is 23.9 Å². The zero-order chi connectivity index (χ0) is 10.8. The van der Waals surface area contributed by atoms with Crippen molar-refractivity contribution in [2.45, 2.75) is 12.5 Å². The van der Waals surface area contributed by atoms with Crippen LogP contribution in [0.2, 0.25) is 0 Å². The van der Waals surface area contributed by atoms with E-state index in [-0.39, 0.29) is 0 Å². The minimum atomic E-state index is -0.937. The molecule has 0 unspecified atom stereocenters. The number of thioether (sulfide) groups is 1. The van der Waals surface area contributed by atoms with Crippen molar-refractivity contribution in [1.82, 2.24) is 5.32 Å². The number of carboxylic acids is 1. The van der Waals surface area contributed by atoms with Crippen molar-refractivity contribution in [3.8, 4) is 0 Å². The normalized spacial score (nSPS) is 12.4. The minimum absolute atomic E-state index is 0.505. The maximum Gasteiger partial charge on any atom is 0.320 e. The molecule has 0 aliphatic carbocycles. The molecule has 0 rings (SSSR count). The van der Waals surface area contributed by atoms with E-state index in [2.05, 4.69) is 5.32 Å². The first-order valence-electron chi connectivity index (χ1n) is 4.44. The first-order valence-corrected chi connectivity index (χ1v) is 5.59. The number of nitrogens with two attached hydrogens (primary N) is 1. The second kappa shape index (κ2) is 8.98. The average molecular weight is 219 g/mol. The lowest BCUT2D eigenvalue weighted by Crippen LogP contribution is -2.30. The maximum atomic E-state index is 10.3. The van der Waals surface area contributed by atoms with Crippen molar-refractivity contribution in [2.75, 3.05) is 24.6 Å². The van der Waals surface area contributed by atoms with Gasteiger partial charge in [-0.05, 0) is 12.2 Å². The number of hydrogen-bond donors (Lipinski definition) is 4. The van der Waals surface area contributed by atoms with E-state index in [0.717, 1.165) is 18.1 Å². The fraction of sp³-hybridized carbons (Fsp3) is 0.750. The van der Waals surface area contributed by atoms with E-state index in [1.165, 1.54) is 6.21 Å². The van der Waals surface area contributed by atoms with Gasteiger partial charge in [0.1, 0.15) is 6.04 Å². The number of nitrogens with one attached hydrogen (secondary N) is 2. The van der Waals surface area contributed by atoms with Crippen LogP contribution in [0.3, 0.4) is 0 Å². The molecule has 0 saturated heterocycles. The van der Waals surface area contributed by atoms with Gasteiger partial charge in [0, 0.05) is 25.1 Å². The summed E-state index contributed by atoms with van der Waals surface area (Å²) in [7, 11) is 0. The molecule has 0 radical (unpaired) electrons. The molecule has 0 amide bonds. The van der Waals surface area contributed by atoms with Crippen molar-refractivity contribution in [2.24, 2.45) is 5.73 Å². The van der Waals surface area contributed by atoms with Gasteiger partial charge in [-0.15, -0.1) is 0 Å². The summed E-state index contributed by atoms with van der Waals surface area (Å²) in [5.41, 5.74) is 5.32. The second-order valence-corrected chi connectivity index (χ2v) is 3.98. The molecule has 0 spiro atoms. The zero-order valence-electron chi connectivity index (χ0n) is 8.03. The molecular weight excluding hydrogens is 202 g/mol. The third-order valence-corrected chi connectivity index (χ3v) is 2.58. The fourth-order valence-electron chi connectivity index (χ4n) is 0.754. The molecule has 6 heteroatoms. The molecule has 82 valence electrons. The van der Waals surface area contributed by atoms with Crippen LogP contribution < -0.4 is 11.1 Å². The van der Waals surface area contributed by atoms with E-state index in [0.29, 0.717) is 13.0 Å². The quantitative estimate of drug-likeness (QED) is 0.317. The largest absolute Gasteiger partial charge is 0.480 e. The first kappa shape index (κ1) is 13.4. The van der Waals surface area contributed by atoms with Gasteiger partial charge in [0.25, 0.3) is 0 Å². The molecule has 0 aromatic carbocycles. The maximum absolute atomic E-state index is 10.3. The molecule has 14 heavy (non-hydrogen) atoms. The van der Waals surface area contributed by atoms with Crippen molar-refractivity contribution in [3.05, 3.63) is 0 Å². The van der Waals surface area contributed by atoms with Gasteiger partial charge in [0.05, 0.1) is 0 Å². The predicted octanol–water partition coefficient (Wildman–Crippen LogP) is -0.239. The second-order valence-electron chi connectivity index (χ2n) is 2.75. The predicted molar refractivity (Wildman–Crippen MR) is 59.2 cm³/mol. The number of hydrogen-bond acceptors (Lipinski definition) is 5. The summed E-state index contributed by atoms with van der Waals surface area (Å²) in [6.07, 6.45) is 1.82. The Bertz CT molecular complexity index is 178. The Morgan fingerprint density at radius 2 is 2.36 bits per heavy atom. The fourth-order valence-corrected chi connectivity index (χ4v) is 1.67. The molecule has 0 aliphatic heterocycles.